The fourth-order valence-corrected chi connectivity index (χ4v) is 3.98. The lowest BCUT2D eigenvalue weighted by Crippen LogP contribution is -2.07. The molecule has 1 atom stereocenters. The molecule has 2 rings (SSSR count). The molecule has 1 fully saturated rings. The predicted molar refractivity (Wildman–Crippen MR) is 62.5 cm³/mol. The number of carbonyl (C=O) groups is 1. The zero-order valence-corrected chi connectivity index (χ0v) is 9.96. The Bertz CT molecular complexity index is 517. The van der Waals surface area contributed by atoms with Crippen LogP contribution >= 0.6 is 0 Å². The summed E-state index contributed by atoms with van der Waals surface area (Å²) in [5.74, 6) is 0.409. The van der Waals surface area contributed by atoms with E-state index in [0.29, 0.717) is 12.0 Å². The second kappa shape index (κ2) is 4.01. The van der Waals surface area contributed by atoms with Crippen LogP contribution in [0.2, 0.25) is 0 Å². The second-order valence-electron chi connectivity index (χ2n) is 4.24. The van der Waals surface area contributed by atoms with Gasteiger partial charge in [0.1, 0.15) is 0 Å². The van der Waals surface area contributed by atoms with E-state index >= 15 is 0 Å². The molecule has 4 heteroatoms. The standard InChI is InChI=1S/C12H14O3S/c1-9(13)11-4-2-3-5-12(11)10-6-7-16(14,15)8-10/h2-5,10H,6-8H2,1H3. The normalized spacial score (nSPS) is 23.2. The molecule has 0 spiro atoms. The molecule has 3 nitrogen and oxygen atoms in total. The van der Waals surface area contributed by atoms with Crippen LogP contribution in [0.5, 0.6) is 0 Å². The highest BCUT2D eigenvalue weighted by Gasteiger charge is 2.30. The van der Waals surface area contributed by atoms with E-state index in [2.05, 4.69) is 0 Å². The van der Waals surface area contributed by atoms with E-state index in [1.165, 1.54) is 6.92 Å². The molecular weight excluding hydrogens is 224 g/mol. The van der Waals surface area contributed by atoms with Crippen LogP contribution < -0.4 is 0 Å². The van der Waals surface area contributed by atoms with Crippen LogP contribution in [-0.4, -0.2) is 25.7 Å². The van der Waals surface area contributed by atoms with Gasteiger partial charge in [0.2, 0.25) is 0 Å². The van der Waals surface area contributed by atoms with E-state index in [9.17, 15) is 13.2 Å². The molecular formula is C12H14O3S. The third kappa shape index (κ3) is 2.16. The summed E-state index contributed by atoms with van der Waals surface area (Å²) in [5.41, 5.74) is 1.54. The number of benzene rings is 1. The molecule has 1 heterocycles. The molecule has 0 N–H and O–H groups in total. The first-order valence-corrected chi connectivity index (χ1v) is 7.12. The maximum atomic E-state index is 11.4. The number of hydrogen-bond donors (Lipinski definition) is 0. The number of ketones is 1. The van der Waals surface area contributed by atoms with Crippen molar-refractivity contribution < 1.29 is 13.2 Å². The van der Waals surface area contributed by atoms with Crippen LogP contribution in [0.25, 0.3) is 0 Å². The average molecular weight is 238 g/mol. The minimum Gasteiger partial charge on any atom is -0.295 e. The summed E-state index contributed by atoms with van der Waals surface area (Å²) in [6.45, 7) is 1.52. The number of hydrogen-bond acceptors (Lipinski definition) is 3. The Labute approximate surface area is 95.4 Å². The van der Waals surface area contributed by atoms with Crippen LogP contribution in [0.1, 0.15) is 35.2 Å². The highest BCUT2D eigenvalue weighted by Crippen LogP contribution is 2.31. The minimum atomic E-state index is -2.90. The highest BCUT2D eigenvalue weighted by molar-refractivity contribution is 7.91. The number of Topliss-reactive ketones (excluding diaryl/α,β-unsaturated/α-hetero) is 1. The Kier molecular flexibility index (Phi) is 2.84. The Morgan fingerprint density at radius 2 is 2.00 bits per heavy atom. The van der Waals surface area contributed by atoms with Gasteiger partial charge in [0, 0.05) is 5.56 Å². The summed E-state index contributed by atoms with van der Waals surface area (Å²) in [5, 5.41) is 0. The molecule has 0 saturated carbocycles. The fourth-order valence-electron chi connectivity index (χ4n) is 2.21. The molecule has 0 bridgehead atoms. The molecule has 1 aliphatic heterocycles. The number of rotatable bonds is 2. The van der Waals surface area contributed by atoms with Gasteiger partial charge in [-0.1, -0.05) is 24.3 Å². The summed E-state index contributed by atoms with van der Waals surface area (Å²) < 4.78 is 22.8. The summed E-state index contributed by atoms with van der Waals surface area (Å²) >= 11 is 0. The van der Waals surface area contributed by atoms with Crippen molar-refractivity contribution in [3.63, 3.8) is 0 Å². The van der Waals surface area contributed by atoms with Gasteiger partial charge in [0.25, 0.3) is 0 Å². The van der Waals surface area contributed by atoms with Gasteiger partial charge in [0.15, 0.2) is 15.6 Å². The van der Waals surface area contributed by atoms with Gasteiger partial charge in [-0.2, -0.15) is 0 Å². The lowest BCUT2D eigenvalue weighted by atomic mass is 9.92. The SMILES string of the molecule is CC(=O)c1ccccc1C1CCS(=O)(=O)C1. The van der Waals surface area contributed by atoms with Crippen LogP contribution in [0.3, 0.4) is 0 Å². The molecule has 0 aliphatic carbocycles. The summed E-state index contributed by atoms with van der Waals surface area (Å²) in [6, 6.07) is 7.29. The van der Waals surface area contributed by atoms with Crippen molar-refractivity contribution in [3.05, 3.63) is 35.4 Å². The predicted octanol–water partition coefficient (Wildman–Crippen LogP) is 1.79. The zero-order valence-electron chi connectivity index (χ0n) is 9.14. The number of carbonyl (C=O) groups excluding carboxylic acids is 1. The Balaban J connectivity index is 2.38. The van der Waals surface area contributed by atoms with Crippen molar-refractivity contribution in [2.75, 3.05) is 11.5 Å². The zero-order chi connectivity index (χ0) is 11.8. The van der Waals surface area contributed by atoms with Crippen molar-refractivity contribution in [2.24, 2.45) is 0 Å². The van der Waals surface area contributed by atoms with Gasteiger partial charge < -0.3 is 0 Å². The fraction of sp³-hybridized carbons (Fsp3) is 0.417. The Morgan fingerprint density at radius 1 is 1.31 bits per heavy atom. The van der Waals surface area contributed by atoms with E-state index in [-0.39, 0.29) is 23.2 Å². The van der Waals surface area contributed by atoms with Crippen molar-refractivity contribution >= 4 is 15.6 Å². The third-order valence-corrected chi connectivity index (χ3v) is 4.78. The maximum Gasteiger partial charge on any atom is 0.160 e. The molecule has 0 radical (unpaired) electrons. The summed E-state index contributed by atoms with van der Waals surface area (Å²) in [6.07, 6.45) is 0.632. The van der Waals surface area contributed by atoms with Crippen LogP contribution in [0, 0.1) is 0 Å². The first kappa shape index (κ1) is 11.3. The molecule has 1 aliphatic rings. The smallest absolute Gasteiger partial charge is 0.160 e. The van der Waals surface area contributed by atoms with Gasteiger partial charge in [-0.3, -0.25) is 4.79 Å². The molecule has 1 saturated heterocycles. The molecule has 1 aromatic carbocycles. The minimum absolute atomic E-state index is 0.0000945. The summed E-state index contributed by atoms with van der Waals surface area (Å²) in [4.78, 5) is 11.4. The first-order chi connectivity index (χ1) is 7.49. The average Bonchev–Trinajstić information content (AvgIpc) is 2.59. The molecule has 1 aromatic rings. The van der Waals surface area contributed by atoms with E-state index < -0.39 is 9.84 Å². The lowest BCUT2D eigenvalue weighted by molar-refractivity contribution is 0.101. The molecule has 1 unspecified atom stereocenters. The maximum absolute atomic E-state index is 11.4. The van der Waals surface area contributed by atoms with E-state index in [4.69, 9.17) is 0 Å². The molecule has 86 valence electrons. The molecule has 0 aromatic heterocycles. The van der Waals surface area contributed by atoms with Crippen molar-refractivity contribution in [2.45, 2.75) is 19.3 Å². The second-order valence-corrected chi connectivity index (χ2v) is 6.47. The van der Waals surface area contributed by atoms with Gasteiger partial charge >= 0.3 is 0 Å². The molecule has 16 heavy (non-hydrogen) atoms. The van der Waals surface area contributed by atoms with Gasteiger partial charge in [-0.15, -0.1) is 0 Å². The highest BCUT2D eigenvalue weighted by atomic mass is 32.2. The van der Waals surface area contributed by atoms with Crippen molar-refractivity contribution in [1.82, 2.24) is 0 Å². The first-order valence-electron chi connectivity index (χ1n) is 5.30. The largest absolute Gasteiger partial charge is 0.295 e. The molecule has 0 amide bonds. The third-order valence-electron chi connectivity index (χ3n) is 3.01. The van der Waals surface area contributed by atoms with E-state index in [1.807, 2.05) is 18.2 Å². The van der Waals surface area contributed by atoms with Gasteiger partial charge in [-0.25, -0.2) is 8.42 Å². The van der Waals surface area contributed by atoms with Crippen LogP contribution in [0.15, 0.2) is 24.3 Å². The van der Waals surface area contributed by atoms with Crippen LogP contribution in [-0.2, 0) is 9.84 Å². The quantitative estimate of drug-likeness (QED) is 0.738. The number of sulfone groups is 1. The van der Waals surface area contributed by atoms with Gasteiger partial charge in [-0.05, 0) is 24.8 Å². The van der Waals surface area contributed by atoms with E-state index in [0.717, 1.165) is 5.56 Å². The Morgan fingerprint density at radius 3 is 2.56 bits per heavy atom. The monoisotopic (exact) mass is 238 g/mol. The van der Waals surface area contributed by atoms with Crippen molar-refractivity contribution in [1.29, 1.82) is 0 Å². The summed E-state index contributed by atoms with van der Waals surface area (Å²) in [7, 11) is -2.90. The topological polar surface area (TPSA) is 51.2 Å². The van der Waals surface area contributed by atoms with Crippen molar-refractivity contribution in [3.8, 4) is 0 Å². The van der Waals surface area contributed by atoms with Crippen LogP contribution in [0.4, 0.5) is 0 Å². The van der Waals surface area contributed by atoms with Gasteiger partial charge in [0.05, 0.1) is 11.5 Å². The Hall–Kier alpha value is -1.16. The van der Waals surface area contributed by atoms with E-state index in [1.54, 1.807) is 6.07 Å². The lowest BCUT2D eigenvalue weighted by Gasteiger charge is -2.11.